The van der Waals surface area contributed by atoms with Crippen molar-refractivity contribution in [3.05, 3.63) is 29.3 Å². The van der Waals surface area contributed by atoms with E-state index >= 15 is 0 Å². The van der Waals surface area contributed by atoms with Gasteiger partial charge in [0, 0.05) is 6.42 Å². The van der Waals surface area contributed by atoms with Gasteiger partial charge in [0.1, 0.15) is 12.1 Å². The molecule has 0 radical (unpaired) electrons. The van der Waals surface area contributed by atoms with Gasteiger partial charge in [0.15, 0.2) is 0 Å². The van der Waals surface area contributed by atoms with Crippen molar-refractivity contribution in [2.24, 2.45) is 0 Å². The lowest BCUT2D eigenvalue weighted by Gasteiger charge is -2.43. The van der Waals surface area contributed by atoms with Gasteiger partial charge in [0.25, 0.3) is 0 Å². The van der Waals surface area contributed by atoms with Gasteiger partial charge in [-0.2, -0.15) is 0 Å². The molecule has 1 aromatic rings. The largest absolute Gasteiger partial charge is 0.302 e. The SMILES string of the molecule is CC(=O)CC1(C=O)CCC(C)(C)c2ccc([Si](C)(C)C)cc21. The van der Waals surface area contributed by atoms with Crippen LogP contribution in [0.25, 0.3) is 0 Å². The maximum atomic E-state index is 12.0. The van der Waals surface area contributed by atoms with Gasteiger partial charge in [0.05, 0.1) is 13.5 Å². The highest BCUT2D eigenvalue weighted by Gasteiger charge is 2.44. The summed E-state index contributed by atoms with van der Waals surface area (Å²) >= 11 is 0. The molecule has 22 heavy (non-hydrogen) atoms. The second-order valence-electron chi connectivity index (χ2n) is 8.55. The summed E-state index contributed by atoms with van der Waals surface area (Å²) in [5.74, 6) is 0.0937. The Balaban J connectivity index is 2.70. The number of benzene rings is 1. The summed E-state index contributed by atoms with van der Waals surface area (Å²) in [4.78, 5) is 23.8. The first-order valence-corrected chi connectivity index (χ1v) is 11.6. The summed E-state index contributed by atoms with van der Waals surface area (Å²) in [6.07, 6.45) is 3.08. The fourth-order valence-electron chi connectivity index (χ4n) is 3.61. The van der Waals surface area contributed by atoms with Crippen molar-refractivity contribution in [3.8, 4) is 0 Å². The van der Waals surface area contributed by atoms with Gasteiger partial charge < -0.3 is 4.79 Å². The van der Waals surface area contributed by atoms with Crippen molar-refractivity contribution in [2.45, 2.75) is 70.5 Å². The molecule has 2 nitrogen and oxygen atoms in total. The van der Waals surface area contributed by atoms with Gasteiger partial charge in [0.2, 0.25) is 0 Å². The van der Waals surface area contributed by atoms with E-state index in [2.05, 4.69) is 51.7 Å². The van der Waals surface area contributed by atoms with Gasteiger partial charge in [-0.3, -0.25) is 4.79 Å². The number of hydrogen-bond donors (Lipinski definition) is 0. The fraction of sp³-hybridized carbons (Fsp3) is 0.579. The van der Waals surface area contributed by atoms with Crippen LogP contribution in [0, 0.1) is 0 Å². The molecule has 0 aromatic heterocycles. The molecule has 2 rings (SSSR count). The van der Waals surface area contributed by atoms with Crippen molar-refractivity contribution >= 4 is 25.3 Å². The highest BCUT2D eigenvalue weighted by molar-refractivity contribution is 6.88. The number of ketones is 1. The Hall–Kier alpha value is -1.22. The number of carbonyl (C=O) groups is 2. The predicted octanol–water partition coefficient (Wildman–Crippen LogP) is 3.72. The highest BCUT2D eigenvalue weighted by atomic mass is 28.3. The second-order valence-corrected chi connectivity index (χ2v) is 13.6. The third-order valence-corrected chi connectivity index (χ3v) is 7.18. The molecule has 1 atom stereocenters. The van der Waals surface area contributed by atoms with Crippen LogP contribution in [0.1, 0.15) is 51.2 Å². The van der Waals surface area contributed by atoms with Gasteiger partial charge in [-0.05, 0) is 36.3 Å². The molecule has 1 aliphatic rings. The van der Waals surface area contributed by atoms with E-state index in [1.54, 1.807) is 6.92 Å². The van der Waals surface area contributed by atoms with E-state index in [-0.39, 0.29) is 11.2 Å². The third kappa shape index (κ3) is 2.96. The zero-order chi connectivity index (χ0) is 16.8. The first-order valence-electron chi connectivity index (χ1n) is 8.13. The zero-order valence-electron chi connectivity index (χ0n) is 14.7. The number of carbonyl (C=O) groups excluding carboxylic acids is 2. The lowest BCUT2D eigenvalue weighted by molar-refractivity contribution is -0.122. The molecule has 0 bridgehead atoms. The molecular weight excluding hydrogens is 288 g/mol. The maximum Gasteiger partial charge on any atom is 0.131 e. The number of aldehydes is 1. The second kappa shape index (κ2) is 5.45. The molecule has 120 valence electrons. The minimum Gasteiger partial charge on any atom is -0.302 e. The summed E-state index contributed by atoms with van der Waals surface area (Å²) in [6.45, 7) is 13.0. The summed E-state index contributed by atoms with van der Waals surface area (Å²) in [5, 5.41) is 1.36. The Morgan fingerprint density at radius 2 is 1.82 bits per heavy atom. The van der Waals surface area contributed by atoms with E-state index in [0.717, 1.165) is 24.7 Å². The lowest BCUT2D eigenvalue weighted by atomic mass is 9.60. The van der Waals surface area contributed by atoms with Crippen molar-refractivity contribution in [3.63, 3.8) is 0 Å². The molecule has 1 unspecified atom stereocenters. The van der Waals surface area contributed by atoms with Crippen LogP contribution >= 0.6 is 0 Å². The quantitative estimate of drug-likeness (QED) is 0.627. The van der Waals surface area contributed by atoms with E-state index < -0.39 is 13.5 Å². The molecular formula is C19H28O2Si. The van der Waals surface area contributed by atoms with Crippen LogP contribution in [0.2, 0.25) is 19.6 Å². The summed E-state index contributed by atoms with van der Waals surface area (Å²) in [7, 11) is -1.46. The highest BCUT2D eigenvalue weighted by Crippen LogP contribution is 2.46. The van der Waals surface area contributed by atoms with Crippen LogP contribution in [-0.2, 0) is 20.4 Å². The minimum absolute atomic E-state index is 0.0661. The molecule has 0 saturated heterocycles. The van der Waals surface area contributed by atoms with Crippen LogP contribution in [0.4, 0.5) is 0 Å². The molecule has 1 aromatic carbocycles. The van der Waals surface area contributed by atoms with Crippen LogP contribution in [0.3, 0.4) is 0 Å². The smallest absolute Gasteiger partial charge is 0.131 e. The van der Waals surface area contributed by atoms with Gasteiger partial charge in [-0.15, -0.1) is 0 Å². The molecule has 0 spiro atoms. The Morgan fingerprint density at radius 1 is 1.18 bits per heavy atom. The summed E-state index contributed by atoms with van der Waals surface area (Å²) < 4.78 is 0. The topological polar surface area (TPSA) is 34.1 Å². The van der Waals surface area contributed by atoms with Crippen molar-refractivity contribution in [2.75, 3.05) is 0 Å². The standard InChI is InChI=1S/C19H28O2Si/c1-14(21)12-19(13-20)10-9-18(2,3)16-8-7-15(11-17(16)19)22(4,5)6/h7-8,11,13H,9-10,12H2,1-6H3. The molecule has 1 aliphatic carbocycles. The Kier molecular flexibility index (Phi) is 4.24. The third-order valence-electron chi connectivity index (χ3n) is 5.14. The van der Waals surface area contributed by atoms with Gasteiger partial charge >= 0.3 is 0 Å². The molecule has 0 saturated carbocycles. The monoisotopic (exact) mass is 316 g/mol. The van der Waals surface area contributed by atoms with Crippen LogP contribution in [0.15, 0.2) is 18.2 Å². The Bertz CT molecular complexity index is 610. The molecule has 0 amide bonds. The van der Waals surface area contributed by atoms with E-state index in [4.69, 9.17) is 0 Å². The number of hydrogen-bond acceptors (Lipinski definition) is 2. The molecule has 0 heterocycles. The average molecular weight is 317 g/mol. The molecule has 0 fully saturated rings. The molecule has 3 heteroatoms. The van der Waals surface area contributed by atoms with Crippen LogP contribution in [-0.4, -0.2) is 20.1 Å². The first-order chi connectivity index (χ1) is 10.0. The Morgan fingerprint density at radius 3 is 2.32 bits per heavy atom. The number of Topliss-reactive ketones (excluding diaryl/α,β-unsaturated/α-hetero) is 1. The van der Waals surface area contributed by atoms with E-state index in [0.29, 0.717) is 6.42 Å². The fourth-order valence-corrected chi connectivity index (χ4v) is 4.77. The Labute approximate surface area is 135 Å². The minimum atomic E-state index is -1.46. The lowest BCUT2D eigenvalue weighted by Crippen LogP contribution is -2.44. The van der Waals surface area contributed by atoms with E-state index in [9.17, 15) is 9.59 Å². The van der Waals surface area contributed by atoms with Crippen molar-refractivity contribution < 1.29 is 9.59 Å². The van der Waals surface area contributed by atoms with E-state index in [1.165, 1.54) is 10.8 Å². The van der Waals surface area contributed by atoms with Gasteiger partial charge in [-0.25, -0.2) is 0 Å². The maximum absolute atomic E-state index is 12.0. The van der Waals surface area contributed by atoms with Crippen molar-refractivity contribution in [1.29, 1.82) is 0 Å². The zero-order valence-corrected chi connectivity index (χ0v) is 15.7. The van der Waals surface area contributed by atoms with Gasteiger partial charge in [-0.1, -0.05) is 56.9 Å². The van der Waals surface area contributed by atoms with Crippen LogP contribution in [0.5, 0.6) is 0 Å². The first kappa shape index (κ1) is 17.1. The molecule has 0 aliphatic heterocycles. The predicted molar refractivity (Wildman–Crippen MR) is 94.7 cm³/mol. The summed E-state index contributed by atoms with van der Waals surface area (Å²) in [6, 6.07) is 6.68. The van der Waals surface area contributed by atoms with Crippen LogP contribution < -0.4 is 5.19 Å². The average Bonchev–Trinajstić information content (AvgIpc) is 2.40. The van der Waals surface area contributed by atoms with Crippen molar-refractivity contribution in [1.82, 2.24) is 0 Å². The summed E-state index contributed by atoms with van der Waals surface area (Å²) in [5.41, 5.74) is 1.80. The van der Waals surface area contributed by atoms with E-state index in [1.807, 2.05) is 0 Å². The molecule has 0 N–H and O–H groups in total. The normalized spacial score (nSPS) is 23.7. The number of fused-ring (bicyclic) bond motifs is 1. The number of rotatable bonds is 4.